The van der Waals surface area contributed by atoms with Gasteiger partial charge in [-0.3, -0.25) is 0 Å². The monoisotopic (exact) mass is 355 g/mol. The number of hydrogen-bond acceptors (Lipinski definition) is 1. The third-order valence-electron chi connectivity index (χ3n) is 5.53. The van der Waals surface area contributed by atoms with E-state index in [9.17, 15) is 0 Å². The zero-order valence-electron chi connectivity index (χ0n) is 18.6. The first-order chi connectivity index (χ1) is 14.3. The van der Waals surface area contributed by atoms with Crippen LogP contribution < -0.4 is 4.57 Å². The van der Waals surface area contributed by atoms with Gasteiger partial charge in [0.25, 0.3) is 0 Å². The van der Waals surface area contributed by atoms with E-state index in [4.69, 9.17) is 8.53 Å². The summed E-state index contributed by atoms with van der Waals surface area (Å²) in [4.78, 5) is 0. The molecule has 0 atom stereocenters. The molecule has 0 aliphatic rings. The number of hydrogen-bond donors (Lipinski definition) is 0. The second-order valence-electron chi connectivity index (χ2n) is 7.21. The van der Waals surface area contributed by atoms with Gasteiger partial charge in [0.1, 0.15) is 18.2 Å². The summed E-state index contributed by atoms with van der Waals surface area (Å²) in [5.41, 5.74) is 5.86. The maximum atomic E-state index is 7.84. The van der Waals surface area contributed by atoms with Crippen LogP contribution in [0.15, 0.2) is 65.2 Å². The number of benzene rings is 3. The largest absolute Gasteiger partial charge is 0.455 e. The molecule has 2 heterocycles. The Bertz CT molecular complexity index is 1460. The smallest absolute Gasteiger partial charge is 0.216 e. The van der Waals surface area contributed by atoms with E-state index in [0.29, 0.717) is 5.56 Å². The highest BCUT2D eigenvalue weighted by Crippen LogP contribution is 2.42. The lowest BCUT2D eigenvalue weighted by atomic mass is 9.92. The highest BCUT2D eigenvalue weighted by molar-refractivity contribution is 6.23. The molecule has 0 radical (unpaired) electrons. The van der Waals surface area contributed by atoms with Crippen LogP contribution in [-0.4, -0.2) is 0 Å². The fourth-order valence-corrected chi connectivity index (χ4v) is 4.13. The van der Waals surface area contributed by atoms with Gasteiger partial charge in [0.05, 0.1) is 5.56 Å². The topological polar surface area (TPSA) is 17.0 Å². The third kappa shape index (κ3) is 2.23. The number of pyridine rings is 1. The van der Waals surface area contributed by atoms with E-state index in [-0.39, 0.29) is 0 Å². The number of aromatic nitrogens is 1. The van der Waals surface area contributed by atoms with Crippen molar-refractivity contribution in [2.45, 2.75) is 20.7 Å². The molecule has 0 aliphatic heterocycles. The second-order valence-corrected chi connectivity index (χ2v) is 7.21. The van der Waals surface area contributed by atoms with Crippen molar-refractivity contribution in [3.05, 3.63) is 77.5 Å². The van der Waals surface area contributed by atoms with Gasteiger partial charge in [-0.05, 0) is 48.7 Å². The van der Waals surface area contributed by atoms with Gasteiger partial charge in [0.2, 0.25) is 5.69 Å². The minimum absolute atomic E-state index is 0.369. The van der Waals surface area contributed by atoms with E-state index >= 15 is 0 Å². The van der Waals surface area contributed by atoms with Crippen LogP contribution in [0, 0.1) is 20.7 Å². The van der Waals surface area contributed by atoms with Crippen molar-refractivity contribution in [3.8, 4) is 11.3 Å². The van der Waals surface area contributed by atoms with Gasteiger partial charge >= 0.3 is 0 Å². The molecule has 0 saturated heterocycles. The summed E-state index contributed by atoms with van der Waals surface area (Å²) in [5.74, 6) is 0. The van der Waals surface area contributed by atoms with Crippen molar-refractivity contribution in [3.63, 3.8) is 0 Å². The SMILES string of the molecule is [2H]C([2H])([2H])c1c[n+](C)c(-c2c(C)c3ccccc3c3c2oc2ccccc23)cc1C. The van der Waals surface area contributed by atoms with E-state index in [1.165, 1.54) is 5.39 Å². The Hall–Kier alpha value is -3.13. The van der Waals surface area contributed by atoms with Crippen molar-refractivity contribution in [1.82, 2.24) is 0 Å². The molecule has 132 valence electrons. The lowest BCUT2D eigenvalue weighted by Gasteiger charge is -2.11. The van der Waals surface area contributed by atoms with Gasteiger partial charge in [-0.2, -0.15) is 0 Å². The van der Waals surface area contributed by atoms with Crippen LogP contribution in [0.25, 0.3) is 44.0 Å². The van der Waals surface area contributed by atoms with E-state index in [1.54, 1.807) is 6.20 Å². The summed E-state index contributed by atoms with van der Waals surface area (Å²) in [6.07, 6.45) is 1.72. The molecule has 5 rings (SSSR count). The molecule has 0 bridgehead atoms. The van der Waals surface area contributed by atoms with E-state index in [0.717, 1.165) is 49.7 Å². The minimum Gasteiger partial charge on any atom is -0.455 e. The molecule has 0 amide bonds. The standard InChI is InChI=1S/C25H22NO/c1-15-13-21(26(4)14-16(15)2)23-17(3)18-9-5-6-10-19(18)24-20-11-7-8-12-22(20)27-25(23)24/h5-14H,1-4H3/q+1/i2D3. The molecule has 2 heteroatoms. The fraction of sp³-hybridized carbons (Fsp3) is 0.160. The average Bonchev–Trinajstić information content (AvgIpc) is 3.09. The molecule has 3 aromatic carbocycles. The van der Waals surface area contributed by atoms with Crippen LogP contribution in [0.2, 0.25) is 0 Å². The number of fused-ring (bicyclic) bond motifs is 5. The van der Waals surface area contributed by atoms with Crippen molar-refractivity contribution in [1.29, 1.82) is 0 Å². The quantitative estimate of drug-likeness (QED) is 0.329. The van der Waals surface area contributed by atoms with E-state index in [2.05, 4.69) is 37.3 Å². The van der Waals surface area contributed by atoms with Gasteiger partial charge < -0.3 is 4.42 Å². The molecule has 0 unspecified atom stereocenters. The lowest BCUT2D eigenvalue weighted by Crippen LogP contribution is -2.31. The predicted molar refractivity (Wildman–Crippen MR) is 112 cm³/mol. The van der Waals surface area contributed by atoms with Gasteiger partial charge in [0.15, 0.2) is 6.20 Å². The van der Waals surface area contributed by atoms with Crippen molar-refractivity contribution < 1.29 is 13.1 Å². The number of para-hydroxylation sites is 1. The first-order valence-electron chi connectivity index (χ1n) is 10.6. The van der Waals surface area contributed by atoms with Crippen LogP contribution in [-0.2, 0) is 7.05 Å². The Morgan fingerprint density at radius 1 is 0.889 bits per heavy atom. The molecule has 0 saturated carbocycles. The highest BCUT2D eigenvalue weighted by atomic mass is 16.3. The molecule has 0 spiro atoms. The summed E-state index contributed by atoms with van der Waals surface area (Å²) in [7, 11) is 1.90. The molecule has 2 aromatic heterocycles. The summed E-state index contributed by atoms with van der Waals surface area (Å²) in [5, 5.41) is 4.52. The lowest BCUT2D eigenvalue weighted by molar-refractivity contribution is -0.660. The minimum atomic E-state index is -2.15. The van der Waals surface area contributed by atoms with Crippen LogP contribution in [0.3, 0.4) is 0 Å². The average molecular weight is 355 g/mol. The second kappa shape index (κ2) is 5.68. The molecule has 0 fully saturated rings. The van der Waals surface area contributed by atoms with Crippen molar-refractivity contribution in [2.75, 3.05) is 0 Å². The third-order valence-corrected chi connectivity index (χ3v) is 5.53. The van der Waals surface area contributed by atoms with E-state index in [1.807, 2.05) is 42.8 Å². The molecule has 2 nitrogen and oxygen atoms in total. The Morgan fingerprint density at radius 2 is 1.59 bits per heavy atom. The Morgan fingerprint density at radius 3 is 2.37 bits per heavy atom. The summed E-state index contributed by atoms with van der Waals surface area (Å²) >= 11 is 0. The van der Waals surface area contributed by atoms with Crippen molar-refractivity contribution >= 4 is 32.7 Å². The van der Waals surface area contributed by atoms with Crippen LogP contribution in [0.5, 0.6) is 0 Å². The van der Waals surface area contributed by atoms with Crippen LogP contribution >= 0.6 is 0 Å². The number of aryl methyl sites for hydroxylation is 4. The van der Waals surface area contributed by atoms with E-state index < -0.39 is 6.85 Å². The zero-order chi connectivity index (χ0) is 21.2. The van der Waals surface area contributed by atoms with Gasteiger partial charge in [0, 0.05) is 26.5 Å². The molecule has 27 heavy (non-hydrogen) atoms. The molecule has 5 aromatic rings. The Kier molecular flexibility index (Phi) is 2.76. The summed E-state index contributed by atoms with van der Waals surface area (Å²) in [6.45, 7) is 1.82. The Labute approximate surface area is 162 Å². The summed E-state index contributed by atoms with van der Waals surface area (Å²) in [6, 6.07) is 18.4. The molecular formula is C25H22NO+. The molecular weight excluding hydrogens is 330 g/mol. The molecule has 0 N–H and O–H groups in total. The maximum absolute atomic E-state index is 7.84. The maximum Gasteiger partial charge on any atom is 0.216 e. The van der Waals surface area contributed by atoms with Crippen molar-refractivity contribution in [2.24, 2.45) is 7.05 Å². The first-order valence-corrected chi connectivity index (χ1v) is 9.11. The highest BCUT2D eigenvalue weighted by Gasteiger charge is 2.24. The summed E-state index contributed by atoms with van der Waals surface area (Å²) < 4.78 is 31.8. The normalized spacial score (nSPS) is 13.8. The predicted octanol–water partition coefficient (Wildman–Crippen LogP) is 6.16. The number of furan rings is 1. The van der Waals surface area contributed by atoms with Crippen LogP contribution in [0.1, 0.15) is 20.8 Å². The van der Waals surface area contributed by atoms with Gasteiger partial charge in [-0.25, -0.2) is 4.57 Å². The van der Waals surface area contributed by atoms with Gasteiger partial charge in [-0.15, -0.1) is 0 Å². The van der Waals surface area contributed by atoms with Crippen LogP contribution in [0.4, 0.5) is 0 Å². The Balaban J connectivity index is 1.97. The first kappa shape index (κ1) is 13.1. The number of rotatable bonds is 1. The molecule has 0 aliphatic carbocycles. The fourth-order valence-electron chi connectivity index (χ4n) is 4.13. The zero-order valence-corrected chi connectivity index (χ0v) is 15.6. The van der Waals surface area contributed by atoms with Gasteiger partial charge in [-0.1, -0.05) is 42.5 Å². The number of nitrogens with zero attached hydrogens (tertiary/aromatic N) is 1.